The van der Waals surface area contributed by atoms with Crippen LogP contribution in [0.3, 0.4) is 0 Å². The van der Waals surface area contributed by atoms with Crippen molar-refractivity contribution < 1.29 is 5.11 Å². The van der Waals surface area contributed by atoms with Crippen molar-refractivity contribution in [2.75, 3.05) is 0 Å². The van der Waals surface area contributed by atoms with Crippen LogP contribution in [0.1, 0.15) is 45.4 Å². The molecule has 0 fully saturated rings. The predicted molar refractivity (Wildman–Crippen MR) is 55.8 cm³/mol. The molecular formula is C10H19N3O. The molecule has 1 aromatic rings. The Morgan fingerprint density at radius 1 is 1.50 bits per heavy atom. The lowest BCUT2D eigenvalue weighted by molar-refractivity contribution is 0.104. The van der Waals surface area contributed by atoms with E-state index in [2.05, 4.69) is 5.10 Å². The van der Waals surface area contributed by atoms with Crippen LogP contribution < -0.4 is 5.73 Å². The molecule has 14 heavy (non-hydrogen) atoms. The van der Waals surface area contributed by atoms with Gasteiger partial charge >= 0.3 is 0 Å². The number of hydrogen-bond acceptors (Lipinski definition) is 3. The van der Waals surface area contributed by atoms with Gasteiger partial charge in [-0.25, -0.2) is 0 Å². The quantitative estimate of drug-likeness (QED) is 0.766. The molecule has 4 heteroatoms. The number of aliphatic hydroxyl groups is 1. The van der Waals surface area contributed by atoms with Gasteiger partial charge in [0.1, 0.15) is 0 Å². The molecule has 1 aromatic heterocycles. The van der Waals surface area contributed by atoms with E-state index < -0.39 is 11.6 Å². The van der Waals surface area contributed by atoms with Crippen LogP contribution >= 0.6 is 0 Å². The summed E-state index contributed by atoms with van der Waals surface area (Å²) in [4.78, 5) is 0. The standard InChI is InChI=1S/C10H19N3O/c1-7(2)13-6-8(5-12-13)9(14)10(3,4)11/h5-7,9,14H,11H2,1-4H3. The van der Waals surface area contributed by atoms with Gasteiger partial charge < -0.3 is 10.8 Å². The largest absolute Gasteiger partial charge is 0.386 e. The van der Waals surface area contributed by atoms with Crippen molar-refractivity contribution in [1.82, 2.24) is 9.78 Å². The summed E-state index contributed by atoms with van der Waals surface area (Å²) in [5.74, 6) is 0. The molecule has 0 saturated heterocycles. The third-order valence-corrected chi connectivity index (χ3v) is 2.17. The Hall–Kier alpha value is -0.870. The fourth-order valence-corrected chi connectivity index (χ4v) is 1.21. The highest BCUT2D eigenvalue weighted by Gasteiger charge is 2.25. The molecule has 4 nitrogen and oxygen atoms in total. The monoisotopic (exact) mass is 197 g/mol. The van der Waals surface area contributed by atoms with Crippen LogP contribution in [0.5, 0.6) is 0 Å². The second-order valence-corrected chi connectivity index (χ2v) is 4.57. The third-order valence-electron chi connectivity index (χ3n) is 2.17. The van der Waals surface area contributed by atoms with Crippen LogP contribution in [0.15, 0.2) is 12.4 Å². The van der Waals surface area contributed by atoms with Gasteiger partial charge in [0.05, 0.1) is 12.3 Å². The fraction of sp³-hybridized carbons (Fsp3) is 0.700. The van der Waals surface area contributed by atoms with E-state index in [4.69, 9.17) is 5.73 Å². The number of aromatic nitrogens is 2. The molecule has 1 rings (SSSR count). The van der Waals surface area contributed by atoms with Gasteiger partial charge in [-0.05, 0) is 27.7 Å². The Morgan fingerprint density at radius 3 is 2.43 bits per heavy atom. The molecule has 0 saturated carbocycles. The van der Waals surface area contributed by atoms with E-state index in [0.717, 1.165) is 5.56 Å². The average molecular weight is 197 g/mol. The summed E-state index contributed by atoms with van der Waals surface area (Å²) in [5.41, 5.74) is 5.94. The Balaban J connectivity index is 2.87. The van der Waals surface area contributed by atoms with Gasteiger partial charge in [0.2, 0.25) is 0 Å². The van der Waals surface area contributed by atoms with Crippen LogP contribution in [0.4, 0.5) is 0 Å². The SMILES string of the molecule is CC(C)n1cc(C(O)C(C)(C)N)cn1. The van der Waals surface area contributed by atoms with Crippen LogP contribution in [-0.2, 0) is 0 Å². The highest BCUT2D eigenvalue weighted by molar-refractivity contribution is 5.13. The molecule has 0 bridgehead atoms. The summed E-state index contributed by atoms with van der Waals surface area (Å²) in [6.07, 6.45) is 2.83. The molecule has 1 atom stereocenters. The number of rotatable bonds is 3. The normalized spacial score (nSPS) is 14.8. The molecule has 3 N–H and O–H groups in total. The Labute approximate surface area is 84.7 Å². The summed E-state index contributed by atoms with van der Waals surface area (Å²) in [7, 11) is 0. The Morgan fingerprint density at radius 2 is 2.07 bits per heavy atom. The van der Waals surface area contributed by atoms with Crippen molar-refractivity contribution in [3.8, 4) is 0 Å². The number of aliphatic hydroxyl groups excluding tert-OH is 1. The van der Waals surface area contributed by atoms with Crippen LogP contribution in [-0.4, -0.2) is 20.4 Å². The zero-order chi connectivity index (χ0) is 10.9. The van der Waals surface area contributed by atoms with Gasteiger partial charge in [-0.2, -0.15) is 5.10 Å². The fourth-order valence-electron chi connectivity index (χ4n) is 1.21. The first-order valence-corrected chi connectivity index (χ1v) is 4.83. The van der Waals surface area contributed by atoms with Gasteiger partial charge in [0.15, 0.2) is 0 Å². The molecule has 0 aliphatic carbocycles. The maximum absolute atomic E-state index is 9.87. The summed E-state index contributed by atoms with van der Waals surface area (Å²) in [6.45, 7) is 7.67. The van der Waals surface area contributed by atoms with E-state index in [0.29, 0.717) is 6.04 Å². The summed E-state index contributed by atoms with van der Waals surface area (Å²) < 4.78 is 1.81. The second-order valence-electron chi connectivity index (χ2n) is 4.57. The van der Waals surface area contributed by atoms with Crippen molar-refractivity contribution in [2.45, 2.75) is 45.4 Å². The van der Waals surface area contributed by atoms with E-state index >= 15 is 0 Å². The minimum absolute atomic E-state index is 0.303. The predicted octanol–water partition coefficient (Wildman–Crippen LogP) is 1.23. The minimum atomic E-state index is -0.671. The van der Waals surface area contributed by atoms with E-state index in [1.54, 1.807) is 20.0 Å². The first-order chi connectivity index (χ1) is 6.32. The van der Waals surface area contributed by atoms with Crippen LogP contribution in [0, 0.1) is 0 Å². The zero-order valence-corrected chi connectivity index (χ0v) is 9.23. The van der Waals surface area contributed by atoms with E-state index in [-0.39, 0.29) is 0 Å². The molecule has 1 unspecified atom stereocenters. The van der Waals surface area contributed by atoms with Crippen molar-refractivity contribution in [2.24, 2.45) is 5.73 Å². The maximum atomic E-state index is 9.87. The van der Waals surface area contributed by atoms with E-state index in [1.807, 2.05) is 24.7 Å². The second kappa shape index (κ2) is 3.71. The molecule has 0 aromatic carbocycles. The van der Waals surface area contributed by atoms with Gasteiger partial charge in [-0.1, -0.05) is 0 Å². The highest BCUT2D eigenvalue weighted by atomic mass is 16.3. The summed E-state index contributed by atoms with van der Waals surface area (Å²) in [5, 5.41) is 14.0. The minimum Gasteiger partial charge on any atom is -0.386 e. The molecule has 0 aliphatic rings. The maximum Gasteiger partial charge on any atom is 0.0994 e. The Bertz CT molecular complexity index is 299. The molecule has 0 aliphatic heterocycles. The van der Waals surface area contributed by atoms with Crippen LogP contribution in [0.2, 0.25) is 0 Å². The van der Waals surface area contributed by atoms with E-state index in [9.17, 15) is 5.11 Å². The van der Waals surface area contributed by atoms with E-state index in [1.165, 1.54) is 0 Å². The van der Waals surface area contributed by atoms with Gasteiger partial charge in [0, 0.05) is 23.3 Å². The van der Waals surface area contributed by atoms with Crippen molar-refractivity contribution >= 4 is 0 Å². The lowest BCUT2D eigenvalue weighted by atomic mass is 9.95. The topological polar surface area (TPSA) is 64.1 Å². The average Bonchev–Trinajstić information content (AvgIpc) is 2.48. The van der Waals surface area contributed by atoms with Crippen molar-refractivity contribution in [3.05, 3.63) is 18.0 Å². The lowest BCUT2D eigenvalue weighted by Gasteiger charge is -2.24. The smallest absolute Gasteiger partial charge is 0.0994 e. The van der Waals surface area contributed by atoms with Gasteiger partial charge in [0.25, 0.3) is 0 Å². The molecule has 80 valence electrons. The zero-order valence-electron chi connectivity index (χ0n) is 9.23. The van der Waals surface area contributed by atoms with Crippen LogP contribution in [0.25, 0.3) is 0 Å². The first kappa shape index (κ1) is 11.2. The number of nitrogens with zero attached hydrogens (tertiary/aromatic N) is 2. The summed E-state index contributed by atoms with van der Waals surface area (Å²) in [6, 6.07) is 0.303. The van der Waals surface area contributed by atoms with Crippen molar-refractivity contribution in [1.29, 1.82) is 0 Å². The number of nitrogens with two attached hydrogens (primary N) is 1. The lowest BCUT2D eigenvalue weighted by Crippen LogP contribution is -2.39. The molecule has 0 amide bonds. The Kier molecular flexibility index (Phi) is 2.97. The summed E-state index contributed by atoms with van der Waals surface area (Å²) >= 11 is 0. The first-order valence-electron chi connectivity index (χ1n) is 4.83. The van der Waals surface area contributed by atoms with Crippen molar-refractivity contribution in [3.63, 3.8) is 0 Å². The number of hydrogen-bond donors (Lipinski definition) is 2. The molecule has 0 spiro atoms. The molecular weight excluding hydrogens is 178 g/mol. The highest BCUT2D eigenvalue weighted by Crippen LogP contribution is 2.23. The van der Waals surface area contributed by atoms with Gasteiger partial charge in [-0.3, -0.25) is 4.68 Å². The third kappa shape index (κ3) is 2.33. The molecule has 0 radical (unpaired) electrons. The molecule has 1 heterocycles. The van der Waals surface area contributed by atoms with Gasteiger partial charge in [-0.15, -0.1) is 0 Å².